The molecule has 2 N–H and O–H groups in total. The number of rotatable bonds is 7. The largest absolute Gasteiger partial charge is 0.354 e. The number of carbonyl (C=O) groups is 2. The summed E-state index contributed by atoms with van der Waals surface area (Å²) < 4.78 is 13.1. The lowest BCUT2D eigenvalue weighted by Gasteiger charge is -2.32. The molecule has 0 bridgehead atoms. The average molecular weight is 464 g/mol. The Morgan fingerprint density at radius 2 is 2.03 bits per heavy atom. The molecule has 1 atom stereocenters. The van der Waals surface area contributed by atoms with Crippen molar-refractivity contribution in [1.29, 1.82) is 0 Å². The molecular weight excluding hydrogens is 441 g/mol. The van der Waals surface area contributed by atoms with Crippen molar-refractivity contribution in [2.45, 2.75) is 36.8 Å². The number of piperidine rings is 1. The van der Waals surface area contributed by atoms with Gasteiger partial charge in [0.15, 0.2) is 5.82 Å². The third-order valence-corrected chi connectivity index (χ3v) is 6.46. The van der Waals surface area contributed by atoms with Crippen LogP contribution in [0.5, 0.6) is 0 Å². The summed E-state index contributed by atoms with van der Waals surface area (Å²) in [5.41, 5.74) is 0.362. The summed E-state index contributed by atoms with van der Waals surface area (Å²) in [7, 11) is 0. The Morgan fingerprint density at radius 3 is 2.74 bits per heavy atom. The van der Waals surface area contributed by atoms with Crippen molar-refractivity contribution in [3.63, 3.8) is 0 Å². The molecule has 1 aromatic carbocycles. The number of amides is 2. The van der Waals surface area contributed by atoms with Gasteiger partial charge in [-0.15, -0.1) is 10.2 Å². The van der Waals surface area contributed by atoms with Crippen molar-refractivity contribution in [1.82, 2.24) is 15.5 Å². The quantitative estimate of drug-likeness (QED) is 0.611. The first-order chi connectivity index (χ1) is 15.0. The van der Waals surface area contributed by atoms with Gasteiger partial charge < -0.3 is 15.5 Å². The standard InChI is InChI=1S/C21H23ClFN5O2S/c22-16-10-14(23)3-6-17(16)25-19(29)12-31-20-8-7-18(26-27-20)28-9-1-2-13(11-28)21(30)24-15-4-5-15/h3,6-8,10,13,15H,1-2,4-5,9,11-12H2,(H,24,30)(H,25,29). The van der Waals surface area contributed by atoms with Crippen molar-refractivity contribution in [3.05, 3.63) is 41.2 Å². The van der Waals surface area contributed by atoms with Crippen LogP contribution >= 0.6 is 23.4 Å². The number of nitrogens with one attached hydrogen (secondary N) is 2. The lowest BCUT2D eigenvalue weighted by molar-refractivity contribution is -0.125. The molecule has 1 aliphatic heterocycles. The maximum Gasteiger partial charge on any atom is 0.234 e. The van der Waals surface area contributed by atoms with E-state index in [-0.39, 0.29) is 28.5 Å². The van der Waals surface area contributed by atoms with Gasteiger partial charge in [0.25, 0.3) is 0 Å². The Labute approximate surface area is 189 Å². The van der Waals surface area contributed by atoms with Gasteiger partial charge >= 0.3 is 0 Å². The SMILES string of the molecule is O=C(CSc1ccc(N2CCCC(C(=O)NC3CC3)C2)nn1)Nc1ccc(F)cc1Cl. The van der Waals surface area contributed by atoms with Gasteiger partial charge in [-0.1, -0.05) is 23.4 Å². The van der Waals surface area contributed by atoms with E-state index in [2.05, 4.69) is 25.7 Å². The van der Waals surface area contributed by atoms with Crippen molar-refractivity contribution >= 4 is 46.7 Å². The van der Waals surface area contributed by atoms with E-state index >= 15 is 0 Å². The van der Waals surface area contributed by atoms with Crippen LogP contribution in [0.4, 0.5) is 15.9 Å². The molecule has 0 radical (unpaired) electrons. The second kappa shape index (κ2) is 9.82. The van der Waals surface area contributed by atoms with Crippen LogP contribution in [0, 0.1) is 11.7 Å². The molecule has 31 heavy (non-hydrogen) atoms. The van der Waals surface area contributed by atoms with Gasteiger partial charge in [-0.3, -0.25) is 9.59 Å². The lowest BCUT2D eigenvalue weighted by atomic mass is 9.97. The van der Waals surface area contributed by atoms with Crippen molar-refractivity contribution in [3.8, 4) is 0 Å². The minimum Gasteiger partial charge on any atom is -0.354 e. The highest BCUT2D eigenvalue weighted by Gasteiger charge is 2.30. The van der Waals surface area contributed by atoms with Gasteiger partial charge in [0.1, 0.15) is 10.8 Å². The Hall–Kier alpha value is -2.39. The molecule has 2 amide bonds. The molecule has 1 aliphatic carbocycles. The molecule has 1 saturated carbocycles. The van der Waals surface area contributed by atoms with Crippen molar-refractivity contribution in [2.75, 3.05) is 29.1 Å². The van der Waals surface area contributed by atoms with Gasteiger partial charge in [-0.05, 0) is 56.0 Å². The van der Waals surface area contributed by atoms with Crippen LogP contribution in [0.1, 0.15) is 25.7 Å². The maximum atomic E-state index is 13.1. The predicted octanol–water partition coefficient (Wildman–Crippen LogP) is 3.49. The molecule has 2 aromatic rings. The third kappa shape index (κ3) is 6.07. The molecule has 7 nitrogen and oxygen atoms in total. The topological polar surface area (TPSA) is 87.2 Å². The fraction of sp³-hybridized carbons (Fsp3) is 0.429. The van der Waals surface area contributed by atoms with E-state index in [0.29, 0.717) is 23.3 Å². The van der Waals surface area contributed by atoms with Crippen LogP contribution in [0.2, 0.25) is 5.02 Å². The molecule has 4 rings (SSSR count). The summed E-state index contributed by atoms with van der Waals surface area (Å²) in [4.78, 5) is 26.6. The molecular formula is C21H23ClFN5O2S. The molecule has 2 fully saturated rings. The van der Waals surface area contributed by atoms with Crippen LogP contribution in [0.25, 0.3) is 0 Å². The first-order valence-corrected chi connectivity index (χ1v) is 11.6. The third-order valence-electron chi connectivity index (χ3n) is 5.22. The zero-order valence-corrected chi connectivity index (χ0v) is 18.4. The number of benzene rings is 1. The van der Waals surface area contributed by atoms with E-state index in [4.69, 9.17) is 11.6 Å². The Balaban J connectivity index is 1.27. The van der Waals surface area contributed by atoms with Crippen molar-refractivity contribution < 1.29 is 14.0 Å². The smallest absolute Gasteiger partial charge is 0.234 e. The molecule has 0 spiro atoms. The van der Waals surface area contributed by atoms with Gasteiger partial charge in [-0.25, -0.2) is 4.39 Å². The van der Waals surface area contributed by atoms with E-state index in [9.17, 15) is 14.0 Å². The molecule has 2 heterocycles. The minimum absolute atomic E-state index is 0.0211. The van der Waals surface area contributed by atoms with Crippen LogP contribution < -0.4 is 15.5 Å². The number of nitrogens with zero attached hydrogens (tertiary/aromatic N) is 3. The molecule has 1 unspecified atom stereocenters. The van der Waals surface area contributed by atoms with E-state index in [1.165, 1.54) is 23.9 Å². The predicted molar refractivity (Wildman–Crippen MR) is 119 cm³/mol. The summed E-state index contributed by atoms with van der Waals surface area (Å²) in [6.07, 6.45) is 4.00. The molecule has 1 saturated heterocycles. The second-order valence-corrected chi connectivity index (χ2v) is 9.16. The van der Waals surface area contributed by atoms with E-state index < -0.39 is 5.82 Å². The molecule has 1 aromatic heterocycles. The number of hydrogen-bond donors (Lipinski definition) is 2. The highest BCUT2D eigenvalue weighted by atomic mass is 35.5. The van der Waals surface area contributed by atoms with Crippen LogP contribution in [-0.2, 0) is 9.59 Å². The number of thioether (sulfide) groups is 1. The molecule has 10 heteroatoms. The average Bonchev–Trinajstić information content (AvgIpc) is 3.59. The summed E-state index contributed by atoms with van der Waals surface area (Å²) in [6.45, 7) is 1.48. The number of aromatic nitrogens is 2. The van der Waals surface area contributed by atoms with Gasteiger partial charge in [-0.2, -0.15) is 0 Å². The fourth-order valence-corrected chi connectivity index (χ4v) is 4.25. The summed E-state index contributed by atoms with van der Waals surface area (Å²) in [5, 5.41) is 15.0. The second-order valence-electron chi connectivity index (χ2n) is 7.76. The van der Waals surface area contributed by atoms with Crippen molar-refractivity contribution in [2.24, 2.45) is 5.92 Å². The normalized spacial score (nSPS) is 18.5. The summed E-state index contributed by atoms with van der Waals surface area (Å²) >= 11 is 7.17. The zero-order valence-electron chi connectivity index (χ0n) is 16.8. The van der Waals surface area contributed by atoms with E-state index in [1.54, 1.807) is 0 Å². The summed E-state index contributed by atoms with van der Waals surface area (Å²) in [6, 6.07) is 7.86. The monoisotopic (exact) mass is 463 g/mol. The van der Waals surface area contributed by atoms with Crippen LogP contribution in [0.15, 0.2) is 35.4 Å². The van der Waals surface area contributed by atoms with Gasteiger partial charge in [0.05, 0.1) is 22.4 Å². The zero-order chi connectivity index (χ0) is 21.8. The van der Waals surface area contributed by atoms with E-state index in [0.717, 1.165) is 44.1 Å². The number of halogens is 2. The number of anilines is 2. The fourth-order valence-electron chi connectivity index (χ4n) is 3.42. The summed E-state index contributed by atoms with van der Waals surface area (Å²) in [5.74, 6) is 0.235. The molecule has 2 aliphatic rings. The Kier molecular flexibility index (Phi) is 6.92. The minimum atomic E-state index is -0.462. The number of hydrogen-bond acceptors (Lipinski definition) is 6. The van der Waals surface area contributed by atoms with E-state index in [1.807, 2.05) is 12.1 Å². The highest BCUT2D eigenvalue weighted by molar-refractivity contribution is 7.99. The molecule has 164 valence electrons. The maximum absolute atomic E-state index is 13.1. The van der Waals surface area contributed by atoms with Crippen LogP contribution in [-0.4, -0.2) is 46.9 Å². The Morgan fingerprint density at radius 1 is 1.19 bits per heavy atom. The lowest BCUT2D eigenvalue weighted by Crippen LogP contribution is -2.44. The highest BCUT2D eigenvalue weighted by Crippen LogP contribution is 2.26. The van der Waals surface area contributed by atoms with Gasteiger partial charge in [0.2, 0.25) is 11.8 Å². The van der Waals surface area contributed by atoms with Gasteiger partial charge in [0, 0.05) is 19.1 Å². The first-order valence-electron chi connectivity index (χ1n) is 10.2. The van der Waals surface area contributed by atoms with Crippen LogP contribution in [0.3, 0.4) is 0 Å². The first kappa shape index (κ1) is 21.8. The Bertz CT molecular complexity index is 957. The number of carbonyl (C=O) groups excluding carboxylic acids is 2.